The number of benzene rings is 1. The van der Waals surface area contributed by atoms with E-state index in [1.165, 1.54) is 0 Å². The number of methoxy groups -OCH3 is 1. The van der Waals surface area contributed by atoms with Crippen molar-refractivity contribution in [3.8, 4) is 5.75 Å². The Morgan fingerprint density at radius 3 is 2.73 bits per heavy atom. The van der Waals surface area contributed by atoms with E-state index in [1.807, 2.05) is 6.07 Å². The Morgan fingerprint density at radius 2 is 2.13 bits per heavy atom. The maximum Gasteiger partial charge on any atom is 0.120 e. The summed E-state index contributed by atoms with van der Waals surface area (Å²) in [5, 5.41) is 11.6. The molecule has 0 radical (unpaired) electrons. The molecule has 0 aliphatic carbocycles. The van der Waals surface area contributed by atoms with Crippen LogP contribution in [0, 0.1) is 0 Å². The molecular weight excluding hydrogens is 194 g/mol. The molecule has 4 heteroatoms. The molecule has 0 saturated carbocycles. The Bertz CT molecular complexity index is 528. The molecule has 0 spiro atoms. The largest absolute Gasteiger partial charge is 0.543 e. The van der Waals surface area contributed by atoms with Crippen molar-refractivity contribution in [1.82, 2.24) is 4.57 Å². The van der Waals surface area contributed by atoms with Gasteiger partial charge in [-0.3, -0.25) is 0 Å². The number of hydrogen-bond acceptors (Lipinski definition) is 3. The monoisotopic (exact) mass is 204 g/mol. The lowest BCUT2D eigenvalue weighted by atomic mass is 10.2. The highest BCUT2D eigenvalue weighted by Gasteiger charge is 2.06. The van der Waals surface area contributed by atoms with E-state index in [0.717, 1.165) is 10.9 Å². The molecular formula is C11H10NO3-. The molecule has 0 atom stereocenters. The number of rotatable bonds is 2. The van der Waals surface area contributed by atoms with Gasteiger partial charge in [-0.05, 0) is 18.2 Å². The third-order valence-electron chi connectivity index (χ3n) is 2.46. The Labute approximate surface area is 86.7 Å². The van der Waals surface area contributed by atoms with E-state index in [9.17, 15) is 9.90 Å². The molecule has 78 valence electrons. The first-order chi connectivity index (χ1) is 7.13. The van der Waals surface area contributed by atoms with E-state index in [1.54, 1.807) is 36.9 Å². The van der Waals surface area contributed by atoms with Crippen molar-refractivity contribution in [1.29, 1.82) is 0 Å². The average Bonchev–Trinajstić information content (AvgIpc) is 2.56. The van der Waals surface area contributed by atoms with Crippen LogP contribution < -0.4 is 9.84 Å². The highest BCUT2D eigenvalue weighted by molar-refractivity contribution is 5.93. The van der Waals surface area contributed by atoms with E-state index >= 15 is 0 Å². The molecule has 1 aromatic carbocycles. The second kappa shape index (κ2) is 3.31. The summed E-state index contributed by atoms with van der Waals surface area (Å²) in [6.45, 7) is 0. The average molecular weight is 204 g/mol. The number of nitrogens with zero attached hydrogens (tertiary/aromatic N) is 1. The molecule has 0 bridgehead atoms. The Kier molecular flexibility index (Phi) is 2.11. The lowest BCUT2D eigenvalue weighted by molar-refractivity contribution is -0.255. The van der Waals surface area contributed by atoms with E-state index in [4.69, 9.17) is 4.74 Å². The van der Waals surface area contributed by atoms with Gasteiger partial charge < -0.3 is 19.2 Å². The van der Waals surface area contributed by atoms with Gasteiger partial charge in [-0.1, -0.05) is 0 Å². The van der Waals surface area contributed by atoms with Crippen molar-refractivity contribution in [3.05, 3.63) is 30.0 Å². The summed E-state index contributed by atoms with van der Waals surface area (Å²) < 4.78 is 6.65. The molecule has 1 aromatic heterocycles. The van der Waals surface area contributed by atoms with Gasteiger partial charge in [0.15, 0.2) is 0 Å². The smallest absolute Gasteiger partial charge is 0.120 e. The number of fused-ring (bicyclic) bond motifs is 1. The fourth-order valence-corrected chi connectivity index (χ4v) is 1.63. The molecule has 2 rings (SSSR count). The van der Waals surface area contributed by atoms with Crippen LogP contribution >= 0.6 is 0 Å². The second-order valence-electron chi connectivity index (χ2n) is 3.30. The number of carbonyl (C=O) groups excluding carboxylic acids is 1. The van der Waals surface area contributed by atoms with Crippen LogP contribution in [-0.4, -0.2) is 17.6 Å². The van der Waals surface area contributed by atoms with E-state index < -0.39 is 5.97 Å². The minimum atomic E-state index is -1.17. The van der Waals surface area contributed by atoms with Crippen LogP contribution in [-0.2, 0) is 7.05 Å². The first-order valence-corrected chi connectivity index (χ1v) is 4.48. The lowest BCUT2D eigenvalue weighted by Gasteiger charge is -2.04. The molecule has 2 aromatic rings. The van der Waals surface area contributed by atoms with Gasteiger partial charge in [0.1, 0.15) is 5.75 Å². The lowest BCUT2D eigenvalue weighted by Crippen LogP contribution is -2.24. The van der Waals surface area contributed by atoms with Crippen LogP contribution in [0.2, 0.25) is 0 Å². The predicted octanol–water partition coefficient (Wildman–Crippen LogP) is 0.550. The fourth-order valence-electron chi connectivity index (χ4n) is 1.63. The van der Waals surface area contributed by atoms with Crippen LogP contribution in [0.5, 0.6) is 5.75 Å². The van der Waals surface area contributed by atoms with Crippen molar-refractivity contribution < 1.29 is 14.6 Å². The molecule has 15 heavy (non-hydrogen) atoms. The third-order valence-corrected chi connectivity index (χ3v) is 2.46. The van der Waals surface area contributed by atoms with Crippen molar-refractivity contribution >= 4 is 16.9 Å². The van der Waals surface area contributed by atoms with E-state index in [-0.39, 0.29) is 5.69 Å². The van der Waals surface area contributed by atoms with Crippen LogP contribution in [0.15, 0.2) is 24.3 Å². The third kappa shape index (κ3) is 1.44. The SMILES string of the molecule is COc1ccc2cc(C(=O)[O-])n(C)c2c1. The maximum absolute atomic E-state index is 10.8. The van der Waals surface area contributed by atoms with Gasteiger partial charge >= 0.3 is 0 Å². The highest BCUT2D eigenvalue weighted by Crippen LogP contribution is 2.23. The predicted molar refractivity (Wildman–Crippen MR) is 53.8 cm³/mol. The van der Waals surface area contributed by atoms with E-state index in [0.29, 0.717) is 5.75 Å². The summed E-state index contributed by atoms with van der Waals surface area (Å²) in [7, 11) is 3.26. The molecule has 0 amide bonds. The topological polar surface area (TPSA) is 54.3 Å². The van der Waals surface area contributed by atoms with Gasteiger partial charge in [-0.2, -0.15) is 0 Å². The van der Waals surface area contributed by atoms with Crippen LogP contribution in [0.4, 0.5) is 0 Å². The summed E-state index contributed by atoms with van der Waals surface area (Å²) in [6, 6.07) is 6.99. The molecule has 0 aliphatic heterocycles. The van der Waals surface area contributed by atoms with Crippen molar-refractivity contribution in [3.63, 3.8) is 0 Å². The minimum Gasteiger partial charge on any atom is -0.543 e. The molecule has 0 fully saturated rings. The van der Waals surface area contributed by atoms with Gasteiger partial charge in [0.25, 0.3) is 0 Å². The number of hydrogen-bond donors (Lipinski definition) is 0. The molecule has 0 aliphatic rings. The van der Waals surface area contributed by atoms with Gasteiger partial charge in [0, 0.05) is 18.5 Å². The van der Waals surface area contributed by atoms with E-state index in [2.05, 4.69) is 0 Å². The number of aromatic carboxylic acids is 1. The van der Waals surface area contributed by atoms with Crippen molar-refractivity contribution in [2.24, 2.45) is 7.05 Å². The first-order valence-electron chi connectivity index (χ1n) is 4.48. The van der Waals surface area contributed by atoms with Crippen molar-refractivity contribution in [2.45, 2.75) is 0 Å². The quantitative estimate of drug-likeness (QED) is 0.717. The molecule has 4 nitrogen and oxygen atoms in total. The Morgan fingerprint density at radius 1 is 1.40 bits per heavy atom. The van der Waals surface area contributed by atoms with Crippen molar-refractivity contribution in [2.75, 3.05) is 7.11 Å². The zero-order valence-corrected chi connectivity index (χ0v) is 8.48. The minimum absolute atomic E-state index is 0.165. The fraction of sp³-hybridized carbons (Fsp3) is 0.182. The standard InChI is InChI=1S/C11H11NO3/c1-12-9-6-8(15-2)4-3-7(9)5-10(12)11(13)14/h3-6H,1-2H3,(H,13,14)/p-1. The summed E-state index contributed by atoms with van der Waals surface area (Å²) in [6.07, 6.45) is 0. The zero-order chi connectivity index (χ0) is 11.0. The summed E-state index contributed by atoms with van der Waals surface area (Å²) in [5.41, 5.74) is 0.979. The number of aromatic nitrogens is 1. The molecule has 0 unspecified atom stereocenters. The number of carbonyl (C=O) groups is 1. The normalized spacial score (nSPS) is 10.5. The zero-order valence-electron chi connectivity index (χ0n) is 8.48. The number of ether oxygens (including phenoxy) is 1. The van der Waals surface area contributed by atoms with Crippen LogP contribution in [0.3, 0.4) is 0 Å². The van der Waals surface area contributed by atoms with Gasteiger partial charge in [0.05, 0.1) is 24.3 Å². The maximum atomic E-state index is 10.8. The van der Waals surface area contributed by atoms with Gasteiger partial charge in [0.2, 0.25) is 0 Å². The molecule has 0 saturated heterocycles. The second-order valence-corrected chi connectivity index (χ2v) is 3.30. The highest BCUT2D eigenvalue weighted by atomic mass is 16.5. The molecule has 1 heterocycles. The Hall–Kier alpha value is -1.97. The number of carboxylic acids is 1. The summed E-state index contributed by atoms with van der Waals surface area (Å²) >= 11 is 0. The van der Waals surface area contributed by atoms with Gasteiger partial charge in [-0.25, -0.2) is 0 Å². The first kappa shape index (κ1) is 9.58. The van der Waals surface area contributed by atoms with Crippen LogP contribution in [0.25, 0.3) is 10.9 Å². The number of carboxylic acid groups (broad SMARTS) is 1. The Balaban J connectivity index is 2.72. The summed E-state index contributed by atoms with van der Waals surface area (Å²) in [5.74, 6) is -0.471. The summed E-state index contributed by atoms with van der Waals surface area (Å²) in [4.78, 5) is 10.8. The van der Waals surface area contributed by atoms with Crippen LogP contribution in [0.1, 0.15) is 10.5 Å². The molecule has 0 N–H and O–H groups in total. The van der Waals surface area contributed by atoms with Gasteiger partial charge in [-0.15, -0.1) is 0 Å². The number of aryl methyl sites for hydroxylation is 1.